The monoisotopic (exact) mass is 210 g/mol. The number of rotatable bonds is 5. The molecular weight excluding hydrogens is 187 g/mol. The standard InChI is InChI=1S/C11H23BOSi/c1-7-8-10(9-12)13-14(5,6)11(2,3)4/h7,10H,1,8-9H2,2-6H3. The minimum absolute atomic E-state index is 0.147. The molecule has 0 rings (SSSR count). The average Bonchev–Trinajstić information content (AvgIpc) is 2.01. The van der Waals surface area contributed by atoms with Gasteiger partial charge in [0.05, 0.1) is 7.85 Å². The minimum atomic E-state index is -1.65. The van der Waals surface area contributed by atoms with Crippen molar-refractivity contribution < 1.29 is 4.43 Å². The quantitative estimate of drug-likeness (QED) is 0.498. The number of hydrogen-bond acceptors (Lipinski definition) is 1. The highest BCUT2D eigenvalue weighted by molar-refractivity contribution is 6.74. The molecule has 0 aromatic heterocycles. The third-order valence-corrected chi connectivity index (χ3v) is 7.49. The maximum Gasteiger partial charge on any atom is 0.192 e. The third kappa shape index (κ3) is 4.01. The summed E-state index contributed by atoms with van der Waals surface area (Å²) in [6.45, 7) is 14.9. The molecule has 0 aromatic carbocycles. The summed E-state index contributed by atoms with van der Waals surface area (Å²) >= 11 is 0. The molecule has 80 valence electrons. The van der Waals surface area contributed by atoms with Crippen LogP contribution in [0.25, 0.3) is 0 Å². The Morgan fingerprint density at radius 1 is 1.43 bits per heavy atom. The van der Waals surface area contributed by atoms with Gasteiger partial charge in [0, 0.05) is 6.10 Å². The van der Waals surface area contributed by atoms with E-state index in [4.69, 9.17) is 12.3 Å². The van der Waals surface area contributed by atoms with Crippen molar-refractivity contribution in [3.05, 3.63) is 12.7 Å². The first kappa shape index (κ1) is 14.0. The molecule has 0 heterocycles. The summed E-state index contributed by atoms with van der Waals surface area (Å²) < 4.78 is 6.13. The van der Waals surface area contributed by atoms with E-state index < -0.39 is 8.32 Å². The molecule has 0 saturated heterocycles. The molecule has 2 radical (unpaired) electrons. The highest BCUT2D eigenvalue weighted by Crippen LogP contribution is 2.37. The molecule has 0 aromatic rings. The molecule has 0 saturated carbocycles. The van der Waals surface area contributed by atoms with Crippen molar-refractivity contribution in [1.82, 2.24) is 0 Å². The van der Waals surface area contributed by atoms with E-state index in [1.807, 2.05) is 6.08 Å². The molecule has 0 bridgehead atoms. The lowest BCUT2D eigenvalue weighted by Crippen LogP contribution is -2.43. The lowest BCUT2D eigenvalue weighted by atomic mass is 9.98. The Labute approximate surface area is 91.5 Å². The SMILES string of the molecule is [B]CC(CC=C)O[Si](C)(C)C(C)(C)C. The van der Waals surface area contributed by atoms with Gasteiger partial charge in [-0.25, -0.2) is 0 Å². The smallest absolute Gasteiger partial charge is 0.192 e. The molecule has 0 aliphatic rings. The van der Waals surface area contributed by atoms with Crippen LogP contribution in [-0.4, -0.2) is 22.3 Å². The zero-order chi connectivity index (χ0) is 11.4. The normalized spacial score (nSPS) is 15.2. The van der Waals surface area contributed by atoms with Crippen molar-refractivity contribution in [2.75, 3.05) is 0 Å². The highest BCUT2D eigenvalue weighted by Gasteiger charge is 2.38. The Kier molecular flexibility index (Phi) is 5.17. The van der Waals surface area contributed by atoms with Crippen LogP contribution in [0.2, 0.25) is 24.5 Å². The molecule has 0 spiro atoms. The molecule has 0 fully saturated rings. The molecule has 3 heteroatoms. The van der Waals surface area contributed by atoms with Gasteiger partial charge in [-0.05, 0) is 24.6 Å². The molecule has 1 nitrogen and oxygen atoms in total. The van der Waals surface area contributed by atoms with Crippen LogP contribution in [0.15, 0.2) is 12.7 Å². The van der Waals surface area contributed by atoms with Gasteiger partial charge in [-0.15, -0.1) is 6.58 Å². The predicted octanol–water partition coefficient (Wildman–Crippen LogP) is 3.54. The van der Waals surface area contributed by atoms with Gasteiger partial charge in [0.25, 0.3) is 0 Å². The molecule has 1 atom stereocenters. The summed E-state index contributed by atoms with van der Waals surface area (Å²) in [6, 6.07) is 0. The minimum Gasteiger partial charge on any atom is -0.414 e. The molecule has 14 heavy (non-hydrogen) atoms. The first-order valence-corrected chi connectivity index (χ1v) is 8.14. The van der Waals surface area contributed by atoms with E-state index >= 15 is 0 Å². The van der Waals surface area contributed by atoms with Crippen LogP contribution in [-0.2, 0) is 4.43 Å². The van der Waals surface area contributed by atoms with Crippen LogP contribution in [0.1, 0.15) is 27.2 Å². The van der Waals surface area contributed by atoms with Crippen molar-refractivity contribution in [1.29, 1.82) is 0 Å². The van der Waals surface area contributed by atoms with E-state index in [9.17, 15) is 0 Å². The summed E-state index contributed by atoms with van der Waals surface area (Å²) in [6.07, 6.45) is 3.46. The Balaban J connectivity index is 4.39. The fraction of sp³-hybridized carbons (Fsp3) is 0.818. The van der Waals surface area contributed by atoms with Crippen LogP contribution in [0, 0.1) is 0 Å². The van der Waals surface area contributed by atoms with Crippen LogP contribution in [0.3, 0.4) is 0 Å². The van der Waals surface area contributed by atoms with Crippen molar-refractivity contribution in [2.24, 2.45) is 0 Å². The van der Waals surface area contributed by atoms with Gasteiger partial charge in [0.15, 0.2) is 8.32 Å². The first-order valence-electron chi connectivity index (χ1n) is 5.23. The van der Waals surface area contributed by atoms with Gasteiger partial charge in [0.2, 0.25) is 0 Å². The van der Waals surface area contributed by atoms with Crippen LogP contribution in [0.5, 0.6) is 0 Å². The van der Waals surface area contributed by atoms with E-state index in [0.717, 1.165) is 6.42 Å². The molecule has 1 unspecified atom stereocenters. The largest absolute Gasteiger partial charge is 0.414 e. The second kappa shape index (κ2) is 5.17. The molecule has 0 N–H and O–H groups in total. The summed E-state index contributed by atoms with van der Waals surface area (Å²) in [5.74, 6) is 0. The van der Waals surface area contributed by atoms with E-state index in [2.05, 4.69) is 40.4 Å². The van der Waals surface area contributed by atoms with Gasteiger partial charge in [0.1, 0.15) is 0 Å². The second-order valence-corrected chi connectivity index (χ2v) is 10.0. The predicted molar refractivity (Wildman–Crippen MR) is 67.4 cm³/mol. The van der Waals surface area contributed by atoms with E-state index in [1.165, 1.54) is 0 Å². The Bertz CT molecular complexity index is 184. The lowest BCUT2D eigenvalue weighted by molar-refractivity contribution is 0.202. The molecule has 0 amide bonds. The topological polar surface area (TPSA) is 9.23 Å². The second-order valence-electron chi connectivity index (χ2n) is 5.26. The fourth-order valence-corrected chi connectivity index (χ4v) is 2.35. The van der Waals surface area contributed by atoms with Crippen molar-refractivity contribution in [3.8, 4) is 0 Å². The first-order chi connectivity index (χ1) is 6.24. The van der Waals surface area contributed by atoms with Crippen molar-refractivity contribution in [3.63, 3.8) is 0 Å². The van der Waals surface area contributed by atoms with Gasteiger partial charge in [-0.2, -0.15) is 0 Å². The Hall–Kier alpha value is -0.0182. The maximum atomic E-state index is 6.13. The van der Waals surface area contributed by atoms with E-state index in [-0.39, 0.29) is 11.1 Å². The highest BCUT2D eigenvalue weighted by atomic mass is 28.4. The van der Waals surface area contributed by atoms with Gasteiger partial charge in [-0.3, -0.25) is 0 Å². The lowest BCUT2D eigenvalue weighted by Gasteiger charge is -2.39. The summed E-state index contributed by atoms with van der Waals surface area (Å²) in [5.41, 5.74) is 0. The van der Waals surface area contributed by atoms with Crippen LogP contribution < -0.4 is 0 Å². The van der Waals surface area contributed by atoms with E-state index in [0.29, 0.717) is 6.32 Å². The molecule has 0 aliphatic carbocycles. The zero-order valence-corrected chi connectivity index (χ0v) is 11.3. The summed E-state index contributed by atoms with van der Waals surface area (Å²) in [5, 5.41) is 0.252. The van der Waals surface area contributed by atoms with Crippen molar-refractivity contribution in [2.45, 2.75) is 57.7 Å². The third-order valence-electron chi connectivity index (χ3n) is 2.96. The number of hydrogen-bond donors (Lipinski definition) is 0. The summed E-state index contributed by atoms with van der Waals surface area (Å²) in [4.78, 5) is 0. The Morgan fingerprint density at radius 2 is 1.93 bits per heavy atom. The van der Waals surface area contributed by atoms with Crippen molar-refractivity contribution >= 4 is 16.2 Å². The fourth-order valence-electron chi connectivity index (χ4n) is 0.972. The molecule has 0 aliphatic heterocycles. The van der Waals surface area contributed by atoms with Crippen LogP contribution >= 0.6 is 0 Å². The summed E-state index contributed by atoms with van der Waals surface area (Å²) in [7, 11) is 4.00. The Morgan fingerprint density at radius 3 is 2.21 bits per heavy atom. The average molecular weight is 210 g/mol. The van der Waals surface area contributed by atoms with Gasteiger partial charge < -0.3 is 4.43 Å². The van der Waals surface area contributed by atoms with E-state index in [1.54, 1.807) is 0 Å². The van der Waals surface area contributed by atoms with Gasteiger partial charge >= 0.3 is 0 Å². The molecular formula is C11H23BOSi. The van der Waals surface area contributed by atoms with Gasteiger partial charge in [-0.1, -0.05) is 33.2 Å². The zero-order valence-electron chi connectivity index (χ0n) is 10.3. The van der Waals surface area contributed by atoms with Crippen LogP contribution in [0.4, 0.5) is 0 Å². The maximum absolute atomic E-state index is 6.13.